The van der Waals surface area contributed by atoms with Crippen LogP contribution in [0, 0.1) is 0 Å². The summed E-state index contributed by atoms with van der Waals surface area (Å²) in [5.41, 5.74) is 2.63. The smallest absolute Gasteiger partial charge is 0.258 e. The number of ether oxygens (including phenoxy) is 1. The average molecular weight is 462 g/mol. The summed E-state index contributed by atoms with van der Waals surface area (Å²) < 4.78 is 5.60. The number of carbonyl (C=O) groups excluding carboxylic acids is 1. The highest BCUT2D eigenvalue weighted by atomic mass is 35.5. The van der Waals surface area contributed by atoms with Crippen LogP contribution in [-0.4, -0.2) is 36.7 Å². The third-order valence-electron chi connectivity index (χ3n) is 5.32. The molecule has 1 heterocycles. The number of carbonyl (C=O) groups is 1. The molecule has 0 radical (unpaired) electrons. The number of hydrogen-bond donors (Lipinski definition) is 2. The second kappa shape index (κ2) is 9.79. The monoisotopic (exact) mass is 461 g/mol. The Morgan fingerprint density at radius 2 is 1.82 bits per heavy atom. The maximum atomic E-state index is 12.8. The molecule has 1 unspecified atom stereocenters. The van der Waals surface area contributed by atoms with Crippen LogP contribution in [0.25, 0.3) is 10.9 Å². The molecule has 1 aromatic heterocycles. The summed E-state index contributed by atoms with van der Waals surface area (Å²) in [6.45, 7) is -0.170. The van der Waals surface area contributed by atoms with Crippen molar-refractivity contribution in [2.45, 2.75) is 6.04 Å². The number of nitrogens with one attached hydrogen (secondary N) is 1. The Morgan fingerprint density at radius 1 is 1.09 bits per heavy atom. The largest absolute Gasteiger partial charge is 0.505 e. The lowest BCUT2D eigenvalue weighted by Gasteiger charge is -2.23. The first-order valence-electron chi connectivity index (χ1n) is 10.4. The Labute approximate surface area is 197 Å². The highest BCUT2D eigenvalue weighted by molar-refractivity contribution is 6.35. The second-order valence-electron chi connectivity index (χ2n) is 7.78. The number of anilines is 1. The Bertz CT molecular complexity index is 1260. The van der Waals surface area contributed by atoms with Gasteiger partial charge < -0.3 is 20.1 Å². The van der Waals surface area contributed by atoms with Crippen molar-refractivity contribution in [2.75, 3.05) is 25.6 Å². The molecule has 1 atom stereocenters. The zero-order valence-electron chi connectivity index (χ0n) is 18.3. The van der Waals surface area contributed by atoms with Gasteiger partial charge in [-0.3, -0.25) is 9.78 Å². The zero-order valence-corrected chi connectivity index (χ0v) is 19.1. The molecular formula is C26H24ClN3O3. The van der Waals surface area contributed by atoms with E-state index in [4.69, 9.17) is 16.3 Å². The molecule has 1 amide bonds. The predicted molar refractivity (Wildman–Crippen MR) is 131 cm³/mol. The molecule has 3 aromatic carbocycles. The van der Waals surface area contributed by atoms with Crippen LogP contribution in [0.15, 0.2) is 79.0 Å². The molecule has 0 aliphatic rings. The van der Waals surface area contributed by atoms with Gasteiger partial charge in [-0.1, -0.05) is 41.9 Å². The first kappa shape index (κ1) is 22.4. The van der Waals surface area contributed by atoms with Crippen molar-refractivity contribution in [3.63, 3.8) is 0 Å². The maximum absolute atomic E-state index is 12.8. The minimum Gasteiger partial charge on any atom is -0.505 e. The van der Waals surface area contributed by atoms with Gasteiger partial charge in [-0.05, 0) is 48.0 Å². The number of halogens is 1. The molecule has 0 spiro atoms. The van der Waals surface area contributed by atoms with Crippen LogP contribution >= 0.6 is 11.6 Å². The van der Waals surface area contributed by atoms with Crippen molar-refractivity contribution >= 4 is 34.1 Å². The van der Waals surface area contributed by atoms with Crippen LogP contribution < -0.4 is 15.0 Å². The van der Waals surface area contributed by atoms with Crippen molar-refractivity contribution in [3.8, 4) is 11.5 Å². The minimum absolute atomic E-state index is 0.0269. The van der Waals surface area contributed by atoms with Gasteiger partial charge in [-0.25, -0.2) is 0 Å². The number of aromatic hydroxyl groups is 1. The number of nitrogens with zero attached hydrogens (tertiary/aromatic N) is 2. The highest BCUT2D eigenvalue weighted by Gasteiger charge is 2.23. The molecule has 0 bridgehead atoms. The Hall–Kier alpha value is -3.77. The lowest BCUT2D eigenvalue weighted by Crippen LogP contribution is -2.33. The van der Waals surface area contributed by atoms with Crippen LogP contribution in [0.1, 0.15) is 17.2 Å². The standard InChI is InChI=1S/C26H24ClN3O3/c1-30(2)18-12-10-17(11-13-18)24(29-23(31)16-33-19-7-4-3-5-8-19)21-15-22(27)20-9-6-14-28-25(20)26(21)32/h3-15,24,32H,16H2,1-2H3,(H,29,31). The third kappa shape index (κ3) is 5.02. The van der Waals surface area contributed by atoms with E-state index in [0.29, 0.717) is 27.2 Å². The van der Waals surface area contributed by atoms with E-state index in [1.54, 1.807) is 36.5 Å². The summed E-state index contributed by atoms with van der Waals surface area (Å²) in [7, 11) is 3.91. The van der Waals surface area contributed by atoms with E-state index in [9.17, 15) is 9.90 Å². The number of benzene rings is 3. The molecule has 4 aromatic rings. The number of phenolic OH excluding ortho intramolecular Hbond substituents is 1. The van der Waals surface area contributed by atoms with Gasteiger partial charge in [0.2, 0.25) is 0 Å². The number of para-hydroxylation sites is 1. The van der Waals surface area contributed by atoms with Crippen molar-refractivity contribution in [1.29, 1.82) is 0 Å². The van der Waals surface area contributed by atoms with Gasteiger partial charge in [-0.2, -0.15) is 0 Å². The van der Waals surface area contributed by atoms with Gasteiger partial charge in [0.05, 0.1) is 11.1 Å². The summed E-state index contributed by atoms with van der Waals surface area (Å²) in [5.74, 6) is 0.235. The van der Waals surface area contributed by atoms with Crippen LogP contribution in [0.3, 0.4) is 0 Å². The lowest BCUT2D eigenvalue weighted by molar-refractivity contribution is -0.123. The third-order valence-corrected chi connectivity index (χ3v) is 5.63. The van der Waals surface area contributed by atoms with Crippen LogP contribution in [0.4, 0.5) is 5.69 Å². The van der Waals surface area contributed by atoms with Gasteiger partial charge in [-0.15, -0.1) is 0 Å². The predicted octanol–water partition coefficient (Wildman–Crippen LogP) is 4.94. The molecule has 0 aliphatic heterocycles. The molecule has 7 heteroatoms. The number of hydrogen-bond acceptors (Lipinski definition) is 5. The fourth-order valence-electron chi connectivity index (χ4n) is 3.60. The molecule has 0 aliphatic carbocycles. The number of phenols is 1. The normalized spacial score (nSPS) is 11.7. The van der Waals surface area contributed by atoms with E-state index >= 15 is 0 Å². The summed E-state index contributed by atoms with van der Waals surface area (Å²) >= 11 is 6.52. The quantitative estimate of drug-likeness (QED) is 0.407. The van der Waals surface area contributed by atoms with Crippen molar-refractivity contribution in [2.24, 2.45) is 0 Å². The fourth-order valence-corrected chi connectivity index (χ4v) is 3.87. The Morgan fingerprint density at radius 3 is 2.52 bits per heavy atom. The van der Waals surface area contributed by atoms with Crippen molar-refractivity contribution in [3.05, 3.63) is 95.1 Å². The minimum atomic E-state index is -0.656. The van der Waals surface area contributed by atoms with E-state index in [-0.39, 0.29) is 18.3 Å². The summed E-state index contributed by atoms with van der Waals surface area (Å²) in [5, 5.41) is 15.1. The molecule has 33 heavy (non-hydrogen) atoms. The maximum Gasteiger partial charge on any atom is 0.258 e. The zero-order chi connectivity index (χ0) is 23.4. The van der Waals surface area contributed by atoms with Crippen LogP contribution in [0.2, 0.25) is 5.02 Å². The Balaban J connectivity index is 1.69. The van der Waals surface area contributed by atoms with Crippen LogP contribution in [0.5, 0.6) is 11.5 Å². The van der Waals surface area contributed by atoms with E-state index < -0.39 is 6.04 Å². The van der Waals surface area contributed by atoms with Gasteiger partial charge in [0, 0.05) is 36.9 Å². The van der Waals surface area contributed by atoms with Gasteiger partial charge in [0.25, 0.3) is 5.91 Å². The first-order chi connectivity index (χ1) is 15.9. The van der Waals surface area contributed by atoms with Crippen molar-refractivity contribution < 1.29 is 14.6 Å². The summed E-state index contributed by atoms with van der Waals surface area (Å²) in [4.78, 5) is 19.1. The van der Waals surface area contributed by atoms with Gasteiger partial charge in [0.1, 0.15) is 17.0 Å². The van der Waals surface area contributed by atoms with Gasteiger partial charge in [0.15, 0.2) is 6.61 Å². The summed E-state index contributed by atoms with van der Waals surface area (Å²) in [6.07, 6.45) is 1.59. The molecular weight excluding hydrogens is 438 g/mol. The topological polar surface area (TPSA) is 74.7 Å². The van der Waals surface area contributed by atoms with E-state index in [1.807, 2.05) is 61.5 Å². The van der Waals surface area contributed by atoms with Crippen LogP contribution in [-0.2, 0) is 4.79 Å². The molecule has 2 N–H and O–H groups in total. The highest BCUT2D eigenvalue weighted by Crippen LogP contribution is 2.38. The van der Waals surface area contributed by atoms with Gasteiger partial charge >= 0.3 is 0 Å². The van der Waals surface area contributed by atoms with Crippen molar-refractivity contribution in [1.82, 2.24) is 10.3 Å². The summed E-state index contributed by atoms with van der Waals surface area (Å²) in [6, 6.07) is 21.4. The molecule has 4 rings (SSSR count). The van der Waals surface area contributed by atoms with E-state index in [2.05, 4.69) is 10.3 Å². The fraction of sp³-hybridized carbons (Fsp3) is 0.154. The number of amides is 1. The molecule has 0 saturated carbocycles. The average Bonchev–Trinajstić information content (AvgIpc) is 2.84. The molecule has 0 fully saturated rings. The first-order valence-corrected chi connectivity index (χ1v) is 10.8. The number of fused-ring (bicyclic) bond motifs is 1. The number of pyridine rings is 1. The number of rotatable bonds is 7. The Kier molecular flexibility index (Phi) is 6.66. The molecule has 168 valence electrons. The number of aromatic nitrogens is 1. The second-order valence-corrected chi connectivity index (χ2v) is 8.19. The van der Waals surface area contributed by atoms with E-state index in [0.717, 1.165) is 11.3 Å². The molecule has 0 saturated heterocycles. The van der Waals surface area contributed by atoms with E-state index in [1.165, 1.54) is 0 Å². The molecule has 6 nitrogen and oxygen atoms in total. The lowest BCUT2D eigenvalue weighted by atomic mass is 9.96. The SMILES string of the molecule is CN(C)c1ccc(C(NC(=O)COc2ccccc2)c2cc(Cl)c3cccnc3c2O)cc1.